The number of halogens is 1. The predicted molar refractivity (Wildman–Crippen MR) is 81.2 cm³/mol. The number of piperidine rings is 1. The van der Waals surface area contributed by atoms with E-state index in [1.165, 1.54) is 6.20 Å². The molecule has 1 aromatic rings. The molecule has 0 aliphatic carbocycles. The summed E-state index contributed by atoms with van der Waals surface area (Å²) < 4.78 is 28.9. The minimum atomic E-state index is -3.94. The molecule has 1 unspecified atom stereocenters. The van der Waals surface area contributed by atoms with Crippen LogP contribution in [0, 0.1) is 6.92 Å². The van der Waals surface area contributed by atoms with Gasteiger partial charge in [0.05, 0.1) is 0 Å². The Hall–Kier alpha value is -1.19. The number of carbonyl (C=O) groups is 1. The standard InChI is InChI=1S/C12H16BrN3O4S/c1-8-6-9(13)7-14-11(8)15-21(19,20)16-5-3-2-4-10(16)12(17)18/h6-7,10H,2-5H2,1H3,(H,14,15)(H,17,18). The summed E-state index contributed by atoms with van der Waals surface area (Å²) in [4.78, 5) is 15.2. The number of aliphatic carboxylic acids is 1. The van der Waals surface area contributed by atoms with E-state index in [0.717, 1.165) is 8.78 Å². The lowest BCUT2D eigenvalue weighted by Gasteiger charge is -2.31. The Morgan fingerprint density at radius 3 is 2.86 bits per heavy atom. The maximum absolute atomic E-state index is 12.4. The smallest absolute Gasteiger partial charge is 0.322 e. The molecule has 1 aliphatic heterocycles. The van der Waals surface area contributed by atoms with E-state index in [1.54, 1.807) is 13.0 Å². The molecule has 2 rings (SSSR count). The van der Waals surface area contributed by atoms with Crippen LogP contribution in [-0.4, -0.2) is 41.4 Å². The Balaban J connectivity index is 2.26. The highest BCUT2D eigenvalue weighted by Crippen LogP contribution is 2.23. The van der Waals surface area contributed by atoms with Gasteiger partial charge in [0.1, 0.15) is 11.9 Å². The van der Waals surface area contributed by atoms with Gasteiger partial charge in [-0.25, -0.2) is 4.98 Å². The molecule has 1 aromatic heterocycles. The first-order chi connectivity index (χ1) is 9.81. The van der Waals surface area contributed by atoms with E-state index in [2.05, 4.69) is 25.6 Å². The predicted octanol–water partition coefficient (Wildman–Crippen LogP) is 1.75. The monoisotopic (exact) mass is 377 g/mol. The molecule has 1 aliphatic rings. The highest BCUT2D eigenvalue weighted by molar-refractivity contribution is 9.10. The average Bonchev–Trinajstić information content (AvgIpc) is 2.42. The van der Waals surface area contributed by atoms with Gasteiger partial charge in [-0.1, -0.05) is 0 Å². The van der Waals surface area contributed by atoms with Crippen molar-refractivity contribution in [3.8, 4) is 0 Å². The van der Waals surface area contributed by atoms with E-state index in [4.69, 9.17) is 0 Å². The van der Waals surface area contributed by atoms with E-state index < -0.39 is 22.2 Å². The quantitative estimate of drug-likeness (QED) is 0.832. The summed E-state index contributed by atoms with van der Waals surface area (Å²) in [5.41, 5.74) is 0.650. The number of hydrogen-bond acceptors (Lipinski definition) is 4. The number of pyridine rings is 1. The van der Waals surface area contributed by atoms with Gasteiger partial charge in [0.15, 0.2) is 0 Å². The van der Waals surface area contributed by atoms with Crippen molar-refractivity contribution in [1.29, 1.82) is 0 Å². The van der Waals surface area contributed by atoms with Crippen molar-refractivity contribution >= 4 is 37.9 Å². The average molecular weight is 378 g/mol. The van der Waals surface area contributed by atoms with Crippen LogP contribution in [0.4, 0.5) is 5.82 Å². The largest absolute Gasteiger partial charge is 0.480 e. The van der Waals surface area contributed by atoms with Gasteiger partial charge in [-0.15, -0.1) is 0 Å². The van der Waals surface area contributed by atoms with E-state index in [1.807, 2.05) is 0 Å². The number of anilines is 1. The SMILES string of the molecule is Cc1cc(Br)cnc1NS(=O)(=O)N1CCCCC1C(=O)O. The molecule has 116 valence electrons. The van der Waals surface area contributed by atoms with Gasteiger partial charge in [-0.05, 0) is 53.7 Å². The number of aryl methyl sites for hydroxylation is 1. The van der Waals surface area contributed by atoms with Crippen LogP contribution >= 0.6 is 15.9 Å². The van der Waals surface area contributed by atoms with Gasteiger partial charge in [0.2, 0.25) is 0 Å². The lowest BCUT2D eigenvalue weighted by atomic mass is 10.1. The summed E-state index contributed by atoms with van der Waals surface area (Å²) >= 11 is 3.25. The molecule has 21 heavy (non-hydrogen) atoms. The minimum Gasteiger partial charge on any atom is -0.480 e. The Kier molecular flexibility index (Phi) is 4.84. The molecule has 7 nitrogen and oxygen atoms in total. The Morgan fingerprint density at radius 2 is 2.24 bits per heavy atom. The number of nitrogens with one attached hydrogen (secondary N) is 1. The van der Waals surface area contributed by atoms with Gasteiger partial charge in [0, 0.05) is 17.2 Å². The molecular weight excluding hydrogens is 362 g/mol. The maximum Gasteiger partial charge on any atom is 0.322 e. The van der Waals surface area contributed by atoms with Crippen molar-refractivity contribution in [3.63, 3.8) is 0 Å². The first-order valence-electron chi connectivity index (χ1n) is 6.46. The van der Waals surface area contributed by atoms with Crippen molar-refractivity contribution < 1.29 is 18.3 Å². The van der Waals surface area contributed by atoms with Crippen LogP contribution in [0.2, 0.25) is 0 Å². The number of carboxylic acid groups (broad SMARTS) is 1. The van der Waals surface area contributed by atoms with Gasteiger partial charge in [0.25, 0.3) is 0 Å². The van der Waals surface area contributed by atoms with Crippen LogP contribution in [0.1, 0.15) is 24.8 Å². The lowest BCUT2D eigenvalue weighted by Crippen LogP contribution is -2.50. The van der Waals surface area contributed by atoms with Gasteiger partial charge in [-0.3, -0.25) is 9.52 Å². The molecule has 1 atom stereocenters. The summed E-state index contributed by atoms with van der Waals surface area (Å²) in [7, 11) is -3.94. The highest BCUT2D eigenvalue weighted by Gasteiger charge is 2.37. The fourth-order valence-corrected chi connectivity index (χ4v) is 4.19. The fraction of sp³-hybridized carbons (Fsp3) is 0.500. The van der Waals surface area contributed by atoms with Crippen LogP contribution in [0.15, 0.2) is 16.7 Å². The van der Waals surface area contributed by atoms with Crippen LogP contribution < -0.4 is 4.72 Å². The zero-order valence-corrected chi connectivity index (χ0v) is 13.8. The second-order valence-electron chi connectivity index (χ2n) is 4.89. The molecule has 0 radical (unpaired) electrons. The summed E-state index contributed by atoms with van der Waals surface area (Å²) in [5, 5.41) is 9.17. The second kappa shape index (κ2) is 6.29. The van der Waals surface area contributed by atoms with E-state index in [-0.39, 0.29) is 12.4 Å². The number of carboxylic acids is 1. The minimum absolute atomic E-state index is 0.196. The van der Waals surface area contributed by atoms with Gasteiger partial charge < -0.3 is 5.11 Å². The summed E-state index contributed by atoms with van der Waals surface area (Å²) in [5.74, 6) is -0.923. The Morgan fingerprint density at radius 1 is 1.52 bits per heavy atom. The molecule has 0 amide bonds. The van der Waals surface area contributed by atoms with Gasteiger partial charge >= 0.3 is 16.2 Å². The third kappa shape index (κ3) is 3.72. The zero-order valence-electron chi connectivity index (χ0n) is 11.4. The third-order valence-electron chi connectivity index (χ3n) is 3.32. The normalized spacial score (nSPS) is 20.2. The van der Waals surface area contributed by atoms with Crippen LogP contribution in [0.25, 0.3) is 0 Å². The van der Waals surface area contributed by atoms with E-state index in [0.29, 0.717) is 24.8 Å². The highest BCUT2D eigenvalue weighted by atomic mass is 79.9. The molecule has 2 N–H and O–H groups in total. The molecule has 0 aromatic carbocycles. The number of hydrogen-bond donors (Lipinski definition) is 2. The topological polar surface area (TPSA) is 99.6 Å². The van der Waals surface area contributed by atoms with Crippen molar-refractivity contribution in [2.24, 2.45) is 0 Å². The Bertz CT molecular complexity index is 650. The second-order valence-corrected chi connectivity index (χ2v) is 7.43. The number of rotatable bonds is 4. The number of aromatic nitrogens is 1. The van der Waals surface area contributed by atoms with E-state index in [9.17, 15) is 18.3 Å². The Labute approximate surface area is 131 Å². The fourth-order valence-electron chi connectivity index (χ4n) is 2.27. The zero-order chi connectivity index (χ0) is 15.6. The van der Waals surface area contributed by atoms with Crippen molar-refractivity contribution in [2.45, 2.75) is 32.2 Å². The molecule has 1 saturated heterocycles. The third-order valence-corrected chi connectivity index (χ3v) is 5.26. The molecule has 9 heteroatoms. The first kappa shape index (κ1) is 16.2. The molecule has 2 heterocycles. The van der Waals surface area contributed by atoms with Crippen LogP contribution in [0.3, 0.4) is 0 Å². The molecule has 0 spiro atoms. The van der Waals surface area contributed by atoms with Crippen LogP contribution in [-0.2, 0) is 15.0 Å². The van der Waals surface area contributed by atoms with Gasteiger partial charge in [-0.2, -0.15) is 12.7 Å². The molecular formula is C12H16BrN3O4S. The lowest BCUT2D eigenvalue weighted by molar-refractivity contribution is -0.142. The van der Waals surface area contributed by atoms with Crippen molar-refractivity contribution in [1.82, 2.24) is 9.29 Å². The van der Waals surface area contributed by atoms with Crippen LogP contribution in [0.5, 0.6) is 0 Å². The summed E-state index contributed by atoms with van der Waals surface area (Å²) in [6, 6.07) is 0.711. The molecule has 0 bridgehead atoms. The van der Waals surface area contributed by atoms with E-state index >= 15 is 0 Å². The van der Waals surface area contributed by atoms with Crippen molar-refractivity contribution in [2.75, 3.05) is 11.3 Å². The molecule has 0 saturated carbocycles. The summed E-state index contributed by atoms with van der Waals surface area (Å²) in [6.07, 6.45) is 3.16. The summed E-state index contributed by atoms with van der Waals surface area (Å²) in [6.45, 7) is 1.92. The number of nitrogens with zero attached hydrogens (tertiary/aromatic N) is 2. The maximum atomic E-state index is 12.4. The molecule has 1 fully saturated rings. The van der Waals surface area contributed by atoms with Crippen molar-refractivity contribution in [3.05, 3.63) is 22.3 Å². The first-order valence-corrected chi connectivity index (χ1v) is 8.69.